The van der Waals surface area contributed by atoms with Crippen LogP contribution in [0.4, 0.5) is 10.2 Å². The number of anilines is 1. The van der Waals surface area contributed by atoms with Crippen molar-refractivity contribution in [1.29, 1.82) is 0 Å². The van der Waals surface area contributed by atoms with Gasteiger partial charge in [0.1, 0.15) is 23.7 Å². The van der Waals surface area contributed by atoms with Crippen molar-refractivity contribution in [1.82, 2.24) is 9.97 Å². The maximum Gasteiger partial charge on any atom is 0.137 e. The number of fused-ring (bicyclic) bond motifs is 1. The van der Waals surface area contributed by atoms with Crippen LogP contribution in [-0.4, -0.2) is 35.3 Å². The van der Waals surface area contributed by atoms with Gasteiger partial charge in [-0.05, 0) is 29.8 Å². The molecule has 2 N–H and O–H groups in total. The quantitative estimate of drug-likeness (QED) is 0.758. The van der Waals surface area contributed by atoms with Crippen LogP contribution in [0.25, 0.3) is 22.0 Å². The van der Waals surface area contributed by atoms with E-state index in [-0.39, 0.29) is 12.4 Å². The summed E-state index contributed by atoms with van der Waals surface area (Å²) in [4.78, 5) is 8.40. The molecule has 0 unspecified atom stereocenters. The molecule has 0 fully saturated rings. The number of nitrogens with one attached hydrogen (secondary N) is 1. The summed E-state index contributed by atoms with van der Waals surface area (Å²) in [6.45, 7) is 0.367. The van der Waals surface area contributed by atoms with Crippen molar-refractivity contribution < 1.29 is 14.2 Å². The van der Waals surface area contributed by atoms with Crippen LogP contribution in [0.5, 0.6) is 5.75 Å². The van der Waals surface area contributed by atoms with E-state index < -0.39 is 0 Å². The van der Waals surface area contributed by atoms with Crippen molar-refractivity contribution >= 4 is 16.7 Å². The van der Waals surface area contributed by atoms with Crippen LogP contribution >= 0.6 is 0 Å². The Morgan fingerprint density at radius 2 is 2.09 bits per heavy atom. The Balaban J connectivity index is 2.17. The van der Waals surface area contributed by atoms with Gasteiger partial charge in [-0.3, -0.25) is 0 Å². The highest BCUT2D eigenvalue weighted by Gasteiger charge is 2.13. The maximum atomic E-state index is 14.3. The van der Waals surface area contributed by atoms with E-state index in [1.165, 1.54) is 19.5 Å². The lowest BCUT2D eigenvalue weighted by Crippen LogP contribution is -2.07. The van der Waals surface area contributed by atoms with Gasteiger partial charge in [0, 0.05) is 11.9 Å². The molecule has 23 heavy (non-hydrogen) atoms. The minimum Gasteiger partial charge on any atom is -0.496 e. The Bertz CT molecular complexity index is 839. The third kappa shape index (κ3) is 2.93. The van der Waals surface area contributed by atoms with Gasteiger partial charge < -0.3 is 15.2 Å². The molecule has 0 aliphatic carbocycles. The molecule has 0 atom stereocenters. The molecule has 6 heteroatoms. The Kier molecular flexibility index (Phi) is 4.34. The molecular weight excluding hydrogens is 297 g/mol. The van der Waals surface area contributed by atoms with E-state index in [9.17, 15) is 4.39 Å². The van der Waals surface area contributed by atoms with Gasteiger partial charge in [0.2, 0.25) is 0 Å². The van der Waals surface area contributed by atoms with Crippen LogP contribution in [0.3, 0.4) is 0 Å². The lowest BCUT2D eigenvalue weighted by Gasteiger charge is -2.12. The summed E-state index contributed by atoms with van der Waals surface area (Å²) in [7, 11) is 1.51. The first-order valence-electron chi connectivity index (χ1n) is 7.17. The first kappa shape index (κ1) is 15.2. The second-order valence-electron chi connectivity index (χ2n) is 4.92. The van der Waals surface area contributed by atoms with Gasteiger partial charge in [-0.1, -0.05) is 12.1 Å². The number of aliphatic hydroxyl groups is 1. The predicted molar refractivity (Wildman–Crippen MR) is 87.1 cm³/mol. The van der Waals surface area contributed by atoms with E-state index in [0.717, 1.165) is 10.9 Å². The van der Waals surface area contributed by atoms with Gasteiger partial charge in [0.25, 0.3) is 0 Å². The molecule has 0 aliphatic heterocycles. The number of aliphatic hydroxyl groups excluding tert-OH is 1. The lowest BCUT2D eigenvalue weighted by molar-refractivity contribution is 0.311. The SMILES string of the molecule is COc1cccc(F)c1-c1ccc2ncnc(NCCO)c2c1. The van der Waals surface area contributed by atoms with Crippen molar-refractivity contribution in [3.63, 3.8) is 0 Å². The van der Waals surface area contributed by atoms with Crippen molar-refractivity contribution in [2.24, 2.45) is 0 Å². The second-order valence-corrected chi connectivity index (χ2v) is 4.92. The summed E-state index contributed by atoms with van der Waals surface area (Å²) in [6, 6.07) is 10.1. The Labute approximate surface area is 132 Å². The number of hydrogen-bond acceptors (Lipinski definition) is 5. The first-order valence-corrected chi connectivity index (χ1v) is 7.17. The number of nitrogens with zero attached hydrogens (tertiary/aromatic N) is 2. The summed E-state index contributed by atoms with van der Waals surface area (Å²) < 4.78 is 19.5. The lowest BCUT2D eigenvalue weighted by atomic mass is 10.0. The minimum atomic E-state index is -0.356. The van der Waals surface area contributed by atoms with E-state index in [4.69, 9.17) is 9.84 Å². The zero-order valence-electron chi connectivity index (χ0n) is 12.6. The molecule has 2 aromatic carbocycles. The van der Waals surface area contributed by atoms with Crippen LogP contribution in [0.2, 0.25) is 0 Å². The Morgan fingerprint density at radius 3 is 2.87 bits per heavy atom. The molecule has 0 amide bonds. The van der Waals surface area contributed by atoms with Gasteiger partial charge >= 0.3 is 0 Å². The average Bonchev–Trinajstić information content (AvgIpc) is 2.59. The molecule has 0 saturated carbocycles. The monoisotopic (exact) mass is 313 g/mol. The van der Waals surface area contributed by atoms with Crippen molar-refractivity contribution in [3.8, 4) is 16.9 Å². The first-order chi connectivity index (χ1) is 11.2. The third-order valence-electron chi connectivity index (χ3n) is 3.52. The fraction of sp³-hybridized carbons (Fsp3) is 0.176. The number of hydrogen-bond donors (Lipinski definition) is 2. The smallest absolute Gasteiger partial charge is 0.137 e. The number of rotatable bonds is 5. The molecule has 0 bridgehead atoms. The Morgan fingerprint density at radius 1 is 1.22 bits per heavy atom. The topological polar surface area (TPSA) is 67.3 Å². The van der Waals surface area contributed by atoms with E-state index in [1.54, 1.807) is 18.2 Å². The summed E-state index contributed by atoms with van der Waals surface area (Å²) in [5.74, 6) is 0.706. The third-order valence-corrected chi connectivity index (χ3v) is 3.52. The predicted octanol–water partition coefficient (Wildman–Crippen LogP) is 2.85. The minimum absolute atomic E-state index is 0.00762. The van der Waals surface area contributed by atoms with E-state index in [0.29, 0.717) is 29.2 Å². The number of aromatic nitrogens is 2. The summed E-state index contributed by atoms with van der Waals surface area (Å²) in [6.07, 6.45) is 1.45. The Hall–Kier alpha value is -2.73. The standard InChI is InChI=1S/C17H16FN3O2/c1-23-15-4-2-3-13(18)16(15)11-5-6-14-12(9-11)17(19-7-8-22)21-10-20-14/h2-6,9-10,22H,7-8H2,1H3,(H,19,20,21). The molecular formula is C17H16FN3O2. The van der Waals surface area contributed by atoms with Gasteiger partial charge in [-0.25, -0.2) is 14.4 Å². The fourth-order valence-corrected chi connectivity index (χ4v) is 2.48. The van der Waals surface area contributed by atoms with Crippen molar-refractivity contribution in [3.05, 3.63) is 48.5 Å². The summed E-state index contributed by atoms with van der Waals surface area (Å²) >= 11 is 0. The maximum absolute atomic E-state index is 14.3. The molecule has 5 nitrogen and oxygen atoms in total. The molecule has 0 aliphatic rings. The van der Waals surface area contributed by atoms with Crippen molar-refractivity contribution in [2.45, 2.75) is 0 Å². The summed E-state index contributed by atoms with van der Waals surface area (Å²) in [5, 5.41) is 12.8. The highest BCUT2D eigenvalue weighted by Crippen LogP contribution is 2.34. The average molecular weight is 313 g/mol. The fourth-order valence-electron chi connectivity index (χ4n) is 2.48. The largest absolute Gasteiger partial charge is 0.496 e. The molecule has 3 aromatic rings. The second kappa shape index (κ2) is 6.58. The number of methoxy groups -OCH3 is 1. The van der Waals surface area contributed by atoms with Gasteiger partial charge in [-0.15, -0.1) is 0 Å². The number of ether oxygens (including phenoxy) is 1. The van der Waals surface area contributed by atoms with Gasteiger partial charge in [0.15, 0.2) is 0 Å². The van der Waals surface area contributed by atoms with Crippen LogP contribution in [-0.2, 0) is 0 Å². The molecule has 1 heterocycles. The molecule has 0 radical (unpaired) electrons. The highest BCUT2D eigenvalue weighted by atomic mass is 19.1. The highest BCUT2D eigenvalue weighted by molar-refractivity contribution is 5.93. The van der Waals surface area contributed by atoms with E-state index in [1.807, 2.05) is 12.1 Å². The van der Waals surface area contributed by atoms with Crippen LogP contribution in [0, 0.1) is 5.82 Å². The summed E-state index contributed by atoms with van der Waals surface area (Å²) in [5.41, 5.74) is 1.81. The van der Waals surface area contributed by atoms with E-state index in [2.05, 4.69) is 15.3 Å². The zero-order chi connectivity index (χ0) is 16.2. The van der Waals surface area contributed by atoms with Crippen LogP contribution in [0.15, 0.2) is 42.7 Å². The van der Waals surface area contributed by atoms with Crippen molar-refractivity contribution in [2.75, 3.05) is 25.6 Å². The van der Waals surface area contributed by atoms with Gasteiger partial charge in [-0.2, -0.15) is 0 Å². The molecule has 3 rings (SSSR count). The number of halogens is 1. The molecule has 0 spiro atoms. The van der Waals surface area contributed by atoms with E-state index >= 15 is 0 Å². The van der Waals surface area contributed by atoms with Crippen LogP contribution in [0.1, 0.15) is 0 Å². The normalized spacial score (nSPS) is 10.7. The molecule has 118 valence electrons. The van der Waals surface area contributed by atoms with Gasteiger partial charge in [0.05, 0.1) is 24.8 Å². The number of benzene rings is 2. The van der Waals surface area contributed by atoms with Crippen LogP contribution < -0.4 is 10.1 Å². The molecule has 0 saturated heterocycles. The molecule has 1 aromatic heterocycles. The zero-order valence-corrected chi connectivity index (χ0v) is 12.6.